The molecule has 0 radical (unpaired) electrons. The highest BCUT2D eigenvalue weighted by atomic mass is 19.1. The molecule has 3 N–H and O–H groups in total. The van der Waals surface area contributed by atoms with Gasteiger partial charge in [0.1, 0.15) is 5.82 Å². The molecule has 0 heterocycles. The van der Waals surface area contributed by atoms with E-state index in [4.69, 9.17) is 5.73 Å². The highest BCUT2D eigenvalue weighted by molar-refractivity contribution is 5.32. The molecule has 84 valence electrons. The van der Waals surface area contributed by atoms with Gasteiger partial charge in [0.25, 0.3) is 0 Å². The third kappa shape index (κ3) is 2.43. The van der Waals surface area contributed by atoms with Crippen LogP contribution in [0.25, 0.3) is 0 Å². The predicted molar refractivity (Wildman–Crippen MR) is 51.5 cm³/mol. The van der Waals surface area contributed by atoms with Crippen molar-refractivity contribution >= 4 is 0 Å². The first-order valence-corrected chi connectivity index (χ1v) is 4.44. The first kappa shape index (κ1) is 11.9. The molecule has 0 saturated carbocycles. The number of aliphatic hydroxyl groups is 1. The number of aliphatic hydroxyl groups excluding tert-OH is 1. The molecular formula is C10H13F2NO2. The smallest absolute Gasteiger partial charge is 0.165 e. The van der Waals surface area contributed by atoms with Gasteiger partial charge in [-0.2, -0.15) is 0 Å². The molecule has 1 rings (SSSR count). The average molecular weight is 217 g/mol. The Kier molecular flexibility index (Phi) is 3.60. The van der Waals surface area contributed by atoms with Crippen molar-refractivity contribution in [3.05, 3.63) is 29.3 Å². The summed E-state index contributed by atoms with van der Waals surface area (Å²) in [4.78, 5) is 0. The monoisotopic (exact) mass is 217 g/mol. The number of benzene rings is 1. The van der Waals surface area contributed by atoms with Crippen LogP contribution in [0.4, 0.5) is 8.78 Å². The van der Waals surface area contributed by atoms with Crippen LogP contribution in [0.1, 0.15) is 18.6 Å². The van der Waals surface area contributed by atoms with Crippen molar-refractivity contribution in [2.45, 2.75) is 19.1 Å². The van der Waals surface area contributed by atoms with Crippen molar-refractivity contribution in [2.24, 2.45) is 5.73 Å². The molecule has 0 unspecified atom stereocenters. The molecule has 0 aliphatic rings. The maximum Gasteiger partial charge on any atom is 0.165 e. The Morgan fingerprint density at radius 3 is 2.40 bits per heavy atom. The lowest BCUT2D eigenvalue weighted by atomic mass is 10.0. The topological polar surface area (TPSA) is 55.5 Å². The van der Waals surface area contributed by atoms with Crippen molar-refractivity contribution in [1.29, 1.82) is 0 Å². The Morgan fingerprint density at radius 1 is 1.33 bits per heavy atom. The number of rotatable bonds is 3. The molecule has 0 fully saturated rings. The molecule has 0 spiro atoms. The van der Waals surface area contributed by atoms with E-state index in [1.807, 2.05) is 0 Å². The van der Waals surface area contributed by atoms with E-state index in [0.29, 0.717) is 0 Å². The molecule has 2 atom stereocenters. The van der Waals surface area contributed by atoms with E-state index in [9.17, 15) is 13.9 Å². The van der Waals surface area contributed by atoms with Crippen molar-refractivity contribution in [3.63, 3.8) is 0 Å². The summed E-state index contributed by atoms with van der Waals surface area (Å²) in [5, 5.41) is 9.49. The Labute approximate surface area is 86.5 Å². The molecular weight excluding hydrogens is 204 g/mol. The van der Waals surface area contributed by atoms with Gasteiger partial charge in [-0.15, -0.1) is 0 Å². The van der Waals surface area contributed by atoms with Crippen LogP contribution in [0.15, 0.2) is 12.1 Å². The zero-order valence-corrected chi connectivity index (χ0v) is 8.50. The largest absolute Gasteiger partial charge is 0.494 e. The van der Waals surface area contributed by atoms with Gasteiger partial charge >= 0.3 is 0 Å². The maximum absolute atomic E-state index is 13.4. The van der Waals surface area contributed by atoms with Gasteiger partial charge in [0, 0.05) is 17.7 Å². The second-order valence-electron chi connectivity index (χ2n) is 3.31. The van der Waals surface area contributed by atoms with Crippen molar-refractivity contribution in [2.75, 3.05) is 7.11 Å². The minimum absolute atomic E-state index is 0.164. The first-order valence-electron chi connectivity index (χ1n) is 4.44. The van der Waals surface area contributed by atoms with Crippen LogP contribution in [-0.4, -0.2) is 18.3 Å². The Morgan fingerprint density at radius 2 is 1.93 bits per heavy atom. The zero-order chi connectivity index (χ0) is 11.6. The standard InChI is InChI=1S/C10H13F2NO2/c1-5(13)10(14)6-3-8(12)9(15-2)4-7(6)11/h3-5,10,14H,13H2,1-2H3/t5-,10-/m0/s1. The molecule has 0 aliphatic carbocycles. The van der Waals surface area contributed by atoms with Crippen LogP contribution in [0.5, 0.6) is 5.75 Å². The molecule has 0 bridgehead atoms. The number of halogens is 2. The molecule has 0 aromatic heterocycles. The maximum atomic E-state index is 13.4. The van der Waals surface area contributed by atoms with Gasteiger partial charge in [-0.25, -0.2) is 8.78 Å². The quantitative estimate of drug-likeness (QED) is 0.803. The van der Waals surface area contributed by atoms with Gasteiger partial charge in [0.2, 0.25) is 0 Å². The van der Waals surface area contributed by atoms with E-state index < -0.39 is 23.8 Å². The molecule has 0 saturated heterocycles. The fourth-order valence-corrected chi connectivity index (χ4v) is 1.21. The van der Waals surface area contributed by atoms with Crippen molar-refractivity contribution in [1.82, 2.24) is 0 Å². The van der Waals surface area contributed by atoms with E-state index in [1.165, 1.54) is 14.0 Å². The Balaban J connectivity index is 3.15. The average Bonchev–Trinajstić information content (AvgIpc) is 2.19. The number of hydrogen-bond acceptors (Lipinski definition) is 3. The summed E-state index contributed by atoms with van der Waals surface area (Å²) in [6.07, 6.45) is -1.23. The van der Waals surface area contributed by atoms with E-state index >= 15 is 0 Å². The van der Waals surface area contributed by atoms with E-state index in [0.717, 1.165) is 12.1 Å². The fourth-order valence-electron chi connectivity index (χ4n) is 1.21. The summed E-state index contributed by atoms with van der Waals surface area (Å²) < 4.78 is 31.2. The first-order chi connectivity index (χ1) is 6.97. The van der Waals surface area contributed by atoms with Gasteiger partial charge < -0.3 is 15.6 Å². The van der Waals surface area contributed by atoms with Crippen LogP contribution in [0.3, 0.4) is 0 Å². The molecule has 15 heavy (non-hydrogen) atoms. The molecule has 0 aliphatic heterocycles. The van der Waals surface area contributed by atoms with Gasteiger partial charge in [-0.3, -0.25) is 0 Å². The van der Waals surface area contributed by atoms with Crippen LogP contribution >= 0.6 is 0 Å². The molecule has 1 aromatic carbocycles. The number of ether oxygens (including phenoxy) is 1. The summed E-state index contributed by atoms with van der Waals surface area (Å²) >= 11 is 0. The van der Waals surface area contributed by atoms with Crippen LogP contribution in [-0.2, 0) is 0 Å². The number of methoxy groups -OCH3 is 1. The highest BCUT2D eigenvalue weighted by Gasteiger charge is 2.19. The van der Waals surface area contributed by atoms with Gasteiger partial charge in [0.15, 0.2) is 11.6 Å². The van der Waals surface area contributed by atoms with Gasteiger partial charge in [-0.1, -0.05) is 0 Å². The Bertz CT molecular complexity index is 356. The zero-order valence-electron chi connectivity index (χ0n) is 8.50. The molecule has 1 aromatic rings. The summed E-state index contributed by atoms with van der Waals surface area (Å²) in [7, 11) is 1.24. The molecule has 5 heteroatoms. The SMILES string of the molecule is COc1cc(F)c([C@@H](O)[C@H](C)N)cc1F. The normalized spacial score (nSPS) is 14.8. The minimum Gasteiger partial charge on any atom is -0.494 e. The molecule has 3 nitrogen and oxygen atoms in total. The van der Waals surface area contributed by atoms with E-state index in [-0.39, 0.29) is 11.3 Å². The Hall–Kier alpha value is -1.20. The van der Waals surface area contributed by atoms with Crippen LogP contribution < -0.4 is 10.5 Å². The van der Waals surface area contributed by atoms with Crippen molar-refractivity contribution < 1.29 is 18.6 Å². The summed E-state index contributed by atoms with van der Waals surface area (Å²) in [5.74, 6) is -1.67. The predicted octanol–water partition coefficient (Wildman–Crippen LogP) is 1.35. The summed E-state index contributed by atoms with van der Waals surface area (Å²) in [5.41, 5.74) is 5.22. The lowest BCUT2D eigenvalue weighted by Crippen LogP contribution is -2.25. The second-order valence-corrected chi connectivity index (χ2v) is 3.31. The van der Waals surface area contributed by atoms with Crippen LogP contribution in [0, 0.1) is 11.6 Å². The van der Waals surface area contributed by atoms with Gasteiger partial charge in [0.05, 0.1) is 13.2 Å². The highest BCUT2D eigenvalue weighted by Crippen LogP contribution is 2.26. The second kappa shape index (κ2) is 4.55. The third-order valence-electron chi connectivity index (χ3n) is 2.09. The summed E-state index contributed by atoms with van der Waals surface area (Å²) in [6, 6.07) is 1.10. The third-order valence-corrected chi connectivity index (χ3v) is 2.09. The number of hydrogen-bond donors (Lipinski definition) is 2. The minimum atomic E-state index is -1.23. The fraction of sp³-hybridized carbons (Fsp3) is 0.400. The number of nitrogens with two attached hydrogens (primary N) is 1. The van der Waals surface area contributed by atoms with E-state index in [1.54, 1.807) is 0 Å². The van der Waals surface area contributed by atoms with Crippen molar-refractivity contribution in [3.8, 4) is 5.75 Å². The lowest BCUT2D eigenvalue weighted by molar-refractivity contribution is 0.148. The van der Waals surface area contributed by atoms with Gasteiger partial charge in [-0.05, 0) is 13.0 Å². The lowest BCUT2D eigenvalue weighted by Gasteiger charge is -2.16. The van der Waals surface area contributed by atoms with E-state index in [2.05, 4.69) is 4.74 Å². The van der Waals surface area contributed by atoms with Crippen LogP contribution in [0.2, 0.25) is 0 Å². The molecule has 0 amide bonds. The summed E-state index contributed by atoms with van der Waals surface area (Å²) in [6.45, 7) is 1.51.